The monoisotopic (exact) mass is 199 g/mol. The van der Waals surface area contributed by atoms with Gasteiger partial charge in [-0.15, -0.1) is 0 Å². The van der Waals surface area contributed by atoms with E-state index in [-0.39, 0.29) is 0 Å². The van der Waals surface area contributed by atoms with E-state index in [1.807, 2.05) is 0 Å². The quantitative estimate of drug-likeness (QED) is 0.364. The van der Waals surface area contributed by atoms with Crippen molar-refractivity contribution in [2.45, 2.75) is 6.92 Å². The number of hydrazine groups is 1. The zero-order chi connectivity index (χ0) is 9.07. The molecular weight excluding hydrogens is 190 g/mol. The van der Waals surface area contributed by atoms with Gasteiger partial charge >= 0.3 is 0 Å². The predicted molar refractivity (Wildman–Crippen MR) is 43.6 cm³/mol. The molecule has 0 aliphatic rings. The van der Waals surface area contributed by atoms with Gasteiger partial charge in [-0.1, -0.05) is 0 Å². The van der Waals surface area contributed by atoms with E-state index < -0.39 is 14.1 Å². The average molecular weight is 200 g/mol. The number of halogens is 1. The summed E-state index contributed by atoms with van der Waals surface area (Å²) >= 11 is 0. The van der Waals surface area contributed by atoms with Gasteiger partial charge in [0.25, 0.3) is 9.05 Å². The fourth-order valence-corrected chi connectivity index (χ4v) is 0.698. The molecule has 0 radical (unpaired) electrons. The fourth-order valence-electron chi connectivity index (χ4n) is 0.318. The zero-order valence-corrected chi connectivity index (χ0v) is 7.56. The van der Waals surface area contributed by atoms with Crippen molar-refractivity contribution in [3.8, 4) is 0 Å². The Hall–Kier alpha value is -0.460. The SMILES string of the molecule is CCN(N)/C=C(\N)S(=O)(=O)Cl. The highest BCUT2D eigenvalue weighted by atomic mass is 35.7. The molecule has 0 unspecified atom stereocenters. The van der Waals surface area contributed by atoms with Crippen molar-refractivity contribution in [3.05, 3.63) is 11.2 Å². The minimum atomic E-state index is -3.82. The molecular formula is C4H10ClN3O2S. The summed E-state index contributed by atoms with van der Waals surface area (Å²) in [5, 5.41) is 0.665. The number of nitrogens with zero attached hydrogens (tertiary/aromatic N) is 1. The van der Waals surface area contributed by atoms with Crippen LogP contribution in [0, 0.1) is 0 Å². The first-order valence-corrected chi connectivity index (χ1v) is 5.12. The van der Waals surface area contributed by atoms with Crippen molar-refractivity contribution in [2.24, 2.45) is 11.6 Å². The van der Waals surface area contributed by atoms with Crippen LogP contribution in [0.15, 0.2) is 11.2 Å². The van der Waals surface area contributed by atoms with Crippen molar-refractivity contribution in [2.75, 3.05) is 6.54 Å². The van der Waals surface area contributed by atoms with Gasteiger partial charge in [0.15, 0.2) is 5.03 Å². The van der Waals surface area contributed by atoms with Crippen molar-refractivity contribution in [3.63, 3.8) is 0 Å². The van der Waals surface area contributed by atoms with E-state index in [0.29, 0.717) is 6.54 Å². The molecule has 0 saturated carbocycles. The summed E-state index contributed by atoms with van der Waals surface area (Å²) in [5.41, 5.74) is 5.05. The fraction of sp³-hybridized carbons (Fsp3) is 0.500. The normalized spacial score (nSPS) is 13.2. The van der Waals surface area contributed by atoms with E-state index in [2.05, 4.69) is 0 Å². The Kier molecular flexibility index (Phi) is 3.64. The smallest absolute Gasteiger partial charge is 0.277 e. The first kappa shape index (κ1) is 10.5. The molecule has 0 aromatic rings. The molecule has 0 atom stereocenters. The third-order valence-electron chi connectivity index (χ3n) is 0.940. The Labute approximate surface area is 70.0 Å². The number of hydrogen-bond donors (Lipinski definition) is 2. The molecule has 0 aliphatic heterocycles. The molecule has 7 heteroatoms. The summed E-state index contributed by atoms with van der Waals surface area (Å²) < 4.78 is 20.9. The van der Waals surface area contributed by atoms with Gasteiger partial charge in [0.05, 0.1) is 6.20 Å². The van der Waals surface area contributed by atoms with Crippen LogP contribution < -0.4 is 11.6 Å². The molecule has 4 N–H and O–H groups in total. The lowest BCUT2D eigenvalue weighted by molar-refractivity contribution is 0.414. The molecule has 0 bridgehead atoms. The largest absolute Gasteiger partial charge is 0.387 e. The molecule has 11 heavy (non-hydrogen) atoms. The van der Waals surface area contributed by atoms with Crippen molar-refractivity contribution in [1.82, 2.24) is 5.01 Å². The summed E-state index contributed by atoms with van der Waals surface area (Å²) in [6.45, 7) is 2.19. The molecule has 0 aliphatic carbocycles. The summed E-state index contributed by atoms with van der Waals surface area (Å²) in [7, 11) is 1.06. The summed E-state index contributed by atoms with van der Waals surface area (Å²) in [4.78, 5) is 0. The van der Waals surface area contributed by atoms with Gasteiger partial charge in [0.1, 0.15) is 0 Å². The predicted octanol–water partition coefficient (Wildman–Crippen LogP) is -0.492. The molecule has 5 nitrogen and oxygen atoms in total. The van der Waals surface area contributed by atoms with Crippen LogP contribution in [0.1, 0.15) is 6.92 Å². The van der Waals surface area contributed by atoms with E-state index >= 15 is 0 Å². The van der Waals surface area contributed by atoms with Crippen LogP contribution in [0.2, 0.25) is 0 Å². The van der Waals surface area contributed by atoms with Crippen LogP contribution in [0.4, 0.5) is 0 Å². The number of hydrogen-bond acceptors (Lipinski definition) is 5. The van der Waals surface area contributed by atoms with Gasteiger partial charge in [-0.2, -0.15) is 0 Å². The molecule has 0 fully saturated rings. The molecule has 0 aromatic carbocycles. The maximum atomic E-state index is 10.5. The van der Waals surface area contributed by atoms with Gasteiger partial charge in [0.2, 0.25) is 0 Å². The van der Waals surface area contributed by atoms with E-state index in [9.17, 15) is 8.42 Å². The molecule has 0 saturated heterocycles. The van der Waals surface area contributed by atoms with Crippen LogP contribution in [-0.2, 0) is 9.05 Å². The van der Waals surface area contributed by atoms with Crippen molar-refractivity contribution in [1.29, 1.82) is 0 Å². The lowest BCUT2D eigenvalue weighted by atomic mass is 10.7. The zero-order valence-electron chi connectivity index (χ0n) is 5.99. The van der Waals surface area contributed by atoms with Crippen LogP contribution in [0.3, 0.4) is 0 Å². The highest BCUT2D eigenvalue weighted by Crippen LogP contribution is 2.04. The van der Waals surface area contributed by atoms with Gasteiger partial charge in [-0.3, -0.25) is 0 Å². The van der Waals surface area contributed by atoms with Crippen LogP contribution in [-0.4, -0.2) is 20.0 Å². The third kappa shape index (κ3) is 4.07. The highest BCUT2D eigenvalue weighted by Gasteiger charge is 2.09. The third-order valence-corrected chi connectivity index (χ3v) is 2.14. The van der Waals surface area contributed by atoms with Crippen LogP contribution in [0.5, 0.6) is 0 Å². The lowest BCUT2D eigenvalue weighted by Gasteiger charge is -2.09. The van der Waals surface area contributed by atoms with E-state index in [1.54, 1.807) is 6.92 Å². The van der Waals surface area contributed by atoms with E-state index in [4.69, 9.17) is 22.3 Å². The molecule has 0 heterocycles. The average Bonchev–Trinajstić information content (AvgIpc) is 1.85. The highest BCUT2D eigenvalue weighted by molar-refractivity contribution is 8.16. The Morgan fingerprint density at radius 1 is 1.73 bits per heavy atom. The second-order valence-corrected chi connectivity index (χ2v) is 4.37. The minimum Gasteiger partial charge on any atom is -0.387 e. The van der Waals surface area contributed by atoms with Crippen molar-refractivity contribution < 1.29 is 8.42 Å². The summed E-state index contributed by atoms with van der Waals surface area (Å²) in [6.07, 6.45) is 1.06. The van der Waals surface area contributed by atoms with Crippen LogP contribution in [0.25, 0.3) is 0 Å². The van der Waals surface area contributed by atoms with E-state index in [1.165, 1.54) is 0 Å². The minimum absolute atomic E-state index is 0.451. The maximum Gasteiger partial charge on any atom is 0.277 e. The first-order chi connectivity index (χ1) is 4.88. The number of rotatable bonds is 3. The Bertz CT molecular complexity index is 248. The molecule has 0 rings (SSSR count). The van der Waals surface area contributed by atoms with E-state index in [0.717, 1.165) is 11.2 Å². The number of nitrogens with two attached hydrogens (primary N) is 2. The Balaban J connectivity index is 4.48. The molecule has 0 amide bonds. The van der Waals surface area contributed by atoms with Gasteiger partial charge in [-0.25, -0.2) is 14.3 Å². The molecule has 66 valence electrons. The maximum absolute atomic E-state index is 10.5. The second-order valence-electron chi connectivity index (χ2n) is 1.80. The summed E-state index contributed by atoms with van der Waals surface area (Å²) in [6, 6.07) is 0. The van der Waals surface area contributed by atoms with Crippen LogP contribution >= 0.6 is 10.7 Å². The second kappa shape index (κ2) is 3.80. The first-order valence-electron chi connectivity index (χ1n) is 2.81. The topological polar surface area (TPSA) is 89.4 Å². The molecule has 0 aromatic heterocycles. The van der Waals surface area contributed by atoms with Gasteiger partial charge in [-0.05, 0) is 6.92 Å². The lowest BCUT2D eigenvalue weighted by Crippen LogP contribution is -2.26. The van der Waals surface area contributed by atoms with Crippen molar-refractivity contribution >= 4 is 19.7 Å². The standard InChI is InChI=1S/C4H10ClN3O2S/c1-2-8(7)3-4(6)11(5,9)10/h3H,2,6-7H2,1H3/b4-3+. The molecule has 0 spiro atoms. The Morgan fingerprint density at radius 3 is 2.45 bits per heavy atom. The van der Waals surface area contributed by atoms with Gasteiger partial charge < -0.3 is 10.7 Å². The Morgan fingerprint density at radius 2 is 2.18 bits per heavy atom. The van der Waals surface area contributed by atoms with Gasteiger partial charge in [0, 0.05) is 17.2 Å². The summed E-state index contributed by atoms with van der Waals surface area (Å²) in [5.74, 6) is 5.22.